The number of nitrogens with zero attached hydrogens (tertiary/aromatic N) is 2. The Labute approximate surface area is 104 Å². The lowest BCUT2D eigenvalue weighted by molar-refractivity contribution is -0.148. The molecule has 18 heavy (non-hydrogen) atoms. The van der Waals surface area contributed by atoms with Crippen LogP contribution in [-0.2, 0) is 9.53 Å². The van der Waals surface area contributed by atoms with Crippen LogP contribution in [0.4, 0.5) is 9.59 Å². The summed E-state index contributed by atoms with van der Waals surface area (Å²) >= 11 is 0. The molecular weight excluding hydrogens is 240 g/mol. The van der Waals surface area contributed by atoms with Crippen molar-refractivity contribution in [3.8, 4) is 0 Å². The number of piperidine rings is 1. The van der Waals surface area contributed by atoms with E-state index in [9.17, 15) is 14.4 Å². The van der Waals surface area contributed by atoms with Gasteiger partial charge >= 0.3 is 18.1 Å². The number of esters is 1. The lowest BCUT2D eigenvalue weighted by Crippen LogP contribution is -2.45. The highest BCUT2D eigenvalue weighted by Crippen LogP contribution is 2.30. The van der Waals surface area contributed by atoms with Crippen molar-refractivity contribution in [2.75, 3.05) is 13.2 Å². The van der Waals surface area contributed by atoms with Crippen molar-refractivity contribution in [3.05, 3.63) is 12.7 Å². The summed E-state index contributed by atoms with van der Waals surface area (Å²) in [5.41, 5.74) is 0. The van der Waals surface area contributed by atoms with E-state index in [-0.39, 0.29) is 19.2 Å². The van der Waals surface area contributed by atoms with Crippen molar-refractivity contribution in [1.29, 1.82) is 0 Å². The molecule has 0 aromatic carbocycles. The molecule has 0 aromatic heterocycles. The molecule has 0 spiro atoms. The van der Waals surface area contributed by atoms with E-state index in [0.29, 0.717) is 12.8 Å². The lowest BCUT2D eigenvalue weighted by Gasteiger charge is -2.28. The Kier molecular flexibility index (Phi) is 3.22. The third-order valence-electron chi connectivity index (χ3n) is 3.20. The molecule has 0 aliphatic carbocycles. The van der Waals surface area contributed by atoms with Gasteiger partial charge in [0.05, 0.1) is 6.04 Å². The van der Waals surface area contributed by atoms with Gasteiger partial charge in [0.15, 0.2) is 0 Å². The fourth-order valence-corrected chi connectivity index (χ4v) is 2.39. The van der Waals surface area contributed by atoms with Crippen LogP contribution in [0.2, 0.25) is 0 Å². The molecule has 2 atom stereocenters. The number of urea groups is 1. The molecule has 0 radical (unpaired) electrons. The number of carbonyl (C=O) groups is 3. The summed E-state index contributed by atoms with van der Waals surface area (Å²) in [7, 11) is 0. The van der Waals surface area contributed by atoms with E-state index >= 15 is 0 Å². The zero-order chi connectivity index (χ0) is 13.3. The van der Waals surface area contributed by atoms with Gasteiger partial charge in [-0.3, -0.25) is 0 Å². The minimum absolute atomic E-state index is 0.0867. The Morgan fingerprint density at radius 1 is 1.50 bits per heavy atom. The van der Waals surface area contributed by atoms with Crippen LogP contribution in [0.25, 0.3) is 0 Å². The molecule has 0 aromatic rings. The molecule has 2 unspecified atom stereocenters. The number of hydrogen-bond donors (Lipinski definition) is 1. The highest BCUT2D eigenvalue weighted by atomic mass is 16.5. The molecular formula is C11H14N2O5. The Morgan fingerprint density at radius 3 is 2.83 bits per heavy atom. The Morgan fingerprint density at radius 2 is 2.22 bits per heavy atom. The first-order valence-electron chi connectivity index (χ1n) is 5.66. The second-order valence-corrected chi connectivity index (χ2v) is 4.25. The van der Waals surface area contributed by atoms with E-state index in [1.54, 1.807) is 0 Å². The monoisotopic (exact) mass is 254 g/mol. The molecule has 2 saturated heterocycles. The number of fused-ring (bicyclic) bond motifs is 2. The fourth-order valence-electron chi connectivity index (χ4n) is 2.39. The predicted octanol–water partition coefficient (Wildman–Crippen LogP) is 0.662. The lowest BCUT2D eigenvalue weighted by atomic mass is 10.0. The molecule has 0 saturated carbocycles. The van der Waals surface area contributed by atoms with Crippen LogP contribution in [0.1, 0.15) is 12.8 Å². The van der Waals surface area contributed by atoms with Crippen LogP contribution >= 0.6 is 0 Å². The smallest absolute Gasteiger partial charge is 0.415 e. The fraction of sp³-hybridized carbons (Fsp3) is 0.545. The summed E-state index contributed by atoms with van der Waals surface area (Å²) in [5.74, 6) is -0.506. The Hall–Kier alpha value is -2.05. The molecule has 2 aliphatic heterocycles. The zero-order valence-electron chi connectivity index (χ0n) is 9.74. The number of carbonyl (C=O) groups excluding carboxylic acids is 2. The summed E-state index contributed by atoms with van der Waals surface area (Å²) in [5, 5.41) is 8.95. The third-order valence-corrected chi connectivity index (χ3v) is 3.20. The van der Waals surface area contributed by atoms with Crippen molar-refractivity contribution in [2.45, 2.75) is 24.9 Å². The van der Waals surface area contributed by atoms with Crippen LogP contribution in [-0.4, -0.2) is 58.2 Å². The van der Waals surface area contributed by atoms with E-state index in [1.165, 1.54) is 11.0 Å². The van der Waals surface area contributed by atoms with Gasteiger partial charge < -0.3 is 14.7 Å². The average molecular weight is 254 g/mol. The highest BCUT2D eigenvalue weighted by molar-refractivity contribution is 5.95. The molecule has 2 rings (SSSR count). The first-order chi connectivity index (χ1) is 8.56. The maximum Gasteiger partial charge on any atom is 0.415 e. The maximum absolute atomic E-state index is 11.9. The quantitative estimate of drug-likeness (QED) is 0.590. The highest BCUT2D eigenvalue weighted by Gasteiger charge is 2.49. The van der Waals surface area contributed by atoms with Gasteiger partial charge in [0.2, 0.25) is 0 Å². The van der Waals surface area contributed by atoms with Gasteiger partial charge in [-0.15, -0.1) is 0 Å². The first kappa shape index (κ1) is 12.4. The average Bonchev–Trinajstić information content (AvgIpc) is 2.59. The maximum atomic E-state index is 11.9. The summed E-state index contributed by atoms with van der Waals surface area (Å²) in [6.07, 6.45) is 1.09. The molecule has 2 fully saturated rings. The molecule has 2 bridgehead atoms. The molecule has 3 amide bonds. The normalized spacial score (nSPS) is 26.1. The van der Waals surface area contributed by atoms with Gasteiger partial charge in [0.25, 0.3) is 0 Å². The van der Waals surface area contributed by atoms with E-state index in [2.05, 4.69) is 6.58 Å². The van der Waals surface area contributed by atoms with E-state index < -0.39 is 24.1 Å². The standard InChI is InChI=1S/C11H14N2O5/c1-2-5-18-9(14)8-4-3-7-6-12(8)10(15)13(7)11(16)17/h2,7-8H,1,3-6H2,(H,16,17). The van der Waals surface area contributed by atoms with Crippen molar-refractivity contribution in [3.63, 3.8) is 0 Å². The minimum Gasteiger partial charge on any atom is -0.465 e. The Bertz CT molecular complexity index is 408. The Balaban J connectivity index is 2.10. The van der Waals surface area contributed by atoms with Crippen molar-refractivity contribution >= 4 is 18.1 Å². The van der Waals surface area contributed by atoms with Gasteiger partial charge in [-0.1, -0.05) is 12.7 Å². The number of imide groups is 1. The second-order valence-electron chi connectivity index (χ2n) is 4.25. The van der Waals surface area contributed by atoms with Crippen LogP contribution in [0.5, 0.6) is 0 Å². The van der Waals surface area contributed by atoms with Crippen molar-refractivity contribution < 1.29 is 24.2 Å². The molecule has 7 heteroatoms. The van der Waals surface area contributed by atoms with Gasteiger partial charge in [-0.05, 0) is 12.8 Å². The van der Waals surface area contributed by atoms with E-state index in [4.69, 9.17) is 9.84 Å². The summed E-state index contributed by atoms with van der Waals surface area (Å²) in [6, 6.07) is -1.66. The summed E-state index contributed by atoms with van der Waals surface area (Å²) < 4.78 is 4.91. The molecule has 98 valence electrons. The number of carboxylic acid groups (broad SMARTS) is 1. The number of hydrogen-bond acceptors (Lipinski definition) is 4. The molecule has 7 nitrogen and oxygen atoms in total. The number of rotatable bonds is 3. The summed E-state index contributed by atoms with van der Waals surface area (Å²) in [4.78, 5) is 36.6. The summed E-state index contributed by atoms with van der Waals surface area (Å²) in [6.45, 7) is 3.78. The minimum atomic E-state index is -1.27. The number of amides is 3. The largest absolute Gasteiger partial charge is 0.465 e. The molecule has 2 aliphatic rings. The van der Waals surface area contributed by atoms with Crippen LogP contribution < -0.4 is 0 Å². The van der Waals surface area contributed by atoms with Gasteiger partial charge in [0, 0.05) is 6.54 Å². The first-order valence-corrected chi connectivity index (χ1v) is 5.66. The molecule has 1 N–H and O–H groups in total. The van der Waals surface area contributed by atoms with Crippen molar-refractivity contribution in [2.24, 2.45) is 0 Å². The molecule has 2 heterocycles. The van der Waals surface area contributed by atoms with Crippen LogP contribution in [0, 0.1) is 0 Å². The van der Waals surface area contributed by atoms with Crippen LogP contribution in [0.3, 0.4) is 0 Å². The van der Waals surface area contributed by atoms with Gasteiger partial charge in [-0.25, -0.2) is 19.3 Å². The third kappa shape index (κ3) is 1.92. The van der Waals surface area contributed by atoms with Crippen LogP contribution in [0.15, 0.2) is 12.7 Å². The van der Waals surface area contributed by atoms with Gasteiger partial charge in [0.1, 0.15) is 12.6 Å². The van der Waals surface area contributed by atoms with E-state index in [1.807, 2.05) is 0 Å². The number of ether oxygens (including phenoxy) is 1. The second kappa shape index (κ2) is 4.67. The van der Waals surface area contributed by atoms with E-state index in [0.717, 1.165) is 4.90 Å². The van der Waals surface area contributed by atoms with Gasteiger partial charge in [-0.2, -0.15) is 0 Å². The van der Waals surface area contributed by atoms with Crippen molar-refractivity contribution in [1.82, 2.24) is 9.80 Å². The zero-order valence-corrected chi connectivity index (χ0v) is 9.74. The predicted molar refractivity (Wildman–Crippen MR) is 59.9 cm³/mol. The SMILES string of the molecule is C=CCOC(=O)C1CCC2CN1C(=O)N2C(=O)O. The topological polar surface area (TPSA) is 87.2 Å².